The highest BCUT2D eigenvalue weighted by atomic mass is 16.7. The van der Waals surface area contributed by atoms with Gasteiger partial charge in [0.1, 0.15) is 5.60 Å². The molecule has 5 heteroatoms. The summed E-state index contributed by atoms with van der Waals surface area (Å²) < 4.78 is 15.9. The van der Waals surface area contributed by atoms with E-state index in [0.29, 0.717) is 13.2 Å². The van der Waals surface area contributed by atoms with Crippen molar-refractivity contribution in [2.75, 3.05) is 13.2 Å². The van der Waals surface area contributed by atoms with Gasteiger partial charge in [-0.25, -0.2) is 4.79 Å². The third-order valence-electron chi connectivity index (χ3n) is 1.81. The number of amides is 1. The normalized spacial score (nSPS) is 13.6. The van der Waals surface area contributed by atoms with Crippen LogP contribution in [0.5, 0.6) is 0 Å². The maximum absolute atomic E-state index is 11.5. The summed E-state index contributed by atoms with van der Waals surface area (Å²) in [5.41, 5.74) is -0.503. The number of nitrogens with one attached hydrogen (secondary N) is 1. The minimum Gasteiger partial charge on any atom is -0.444 e. The Morgan fingerprint density at radius 3 is 2.00 bits per heavy atom. The van der Waals surface area contributed by atoms with E-state index >= 15 is 0 Å². The molecule has 1 atom stereocenters. The molecular formula is C12H25NO4. The zero-order chi connectivity index (χ0) is 13.5. The van der Waals surface area contributed by atoms with E-state index in [9.17, 15) is 4.79 Å². The maximum atomic E-state index is 11.5. The summed E-state index contributed by atoms with van der Waals surface area (Å²) in [5, 5.41) is 2.69. The minimum absolute atomic E-state index is 0.259. The van der Waals surface area contributed by atoms with Crippen LogP contribution in [0.3, 0.4) is 0 Å². The van der Waals surface area contributed by atoms with Crippen LogP contribution < -0.4 is 5.32 Å². The number of carbonyl (C=O) groups excluding carboxylic acids is 1. The molecule has 0 saturated carbocycles. The van der Waals surface area contributed by atoms with Gasteiger partial charge in [0.2, 0.25) is 0 Å². The summed E-state index contributed by atoms with van der Waals surface area (Å²) in [6.45, 7) is 12.1. The lowest BCUT2D eigenvalue weighted by Crippen LogP contribution is -2.45. The molecule has 0 rings (SSSR count). The lowest BCUT2D eigenvalue weighted by molar-refractivity contribution is -0.150. The standard InChI is InChI=1S/C12H25NO4/c1-7-15-10(16-8-2)9(3)13-11(14)17-12(4,5)6/h9-10H,7-8H2,1-6H3,(H,13,14)/t9-/m0/s1. The highest BCUT2D eigenvalue weighted by molar-refractivity contribution is 5.68. The van der Waals surface area contributed by atoms with Gasteiger partial charge < -0.3 is 19.5 Å². The van der Waals surface area contributed by atoms with Gasteiger partial charge in [0, 0.05) is 13.2 Å². The Morgan fingerprint density at radius 1 is 1.18 bits per heavy atom. The molecule has 1 amide bonds. The zero-order valence-corrected chi connectivity index (χ0v) is 11.7. The predicted molar refractivity (Wildman–Crippen MR) is 65.9 cm³/mol. The van der Waals surface area contributed by atoms with E-state index < -0.39 is 18.0 Å². The number of hydrogen-bond donors (Lipinski definition) is 1. The molecule has 0 aliphatic heterocycles. The molecule has 0 aromatic carbocycles. The van der Waals surface area contributed by atoms with Gasteiger partial charge in [-0.15, -0.1) is 0 Å². The Bertz CT molecular complexity index is 219. The number of ether oxygens (including phenoxy) is 3. The number of carbonyl (C=O) groups is 1. The Hall–Kier alpha value is -0.810. The third-order valence-corrected chi connectivity index (χ3v) is 1.81. The molecular weight excluding hydrogens is 222 g/mol. The van der Waals surface area contributed by atoms with E-state index in [1.54, 1.807) is 0 Å². The first-order chi connectivity index (χ1) is 7.80. The van der Waals surface area contributed by atoms with Crippen molar-refractivity contribution in [2.24, 2.45) is 0 Å². The van der Waals surface area contributed by atoms with Crippen molar-refractivity contribution in [3.63, 3.8) is 0 Å². The fraction of sp³-hybridized carbons (Fsp3) is 0.917. The summed E-state index contributed by atoms with van der Waals surface area (Å²) >= 11 is 0. The first kappa shape index (κ1) is 16.2. The molecule has 0 bridgehead atoms. The molecule has 1 N–H and O–H groups in total. The minimum atomic E-state index is -0.503. The number of alkyl carbamates (subject to hydrolysis) is 1. The van der Waals surface area contributed by atoms with E-state index in [1.807, 2.05) is 41.5 Å². The second kappa shape index (κ2) is 7.50. The highest BCUT2D eigenvalue weighted by Crippen LogP contribution is 2.08. The van der Waals surface area contributed by atoms with Gasteiger partial charge in [0.05, 0.1) is 6.04 Å². The predicted octanol–water partition coefficient (Wildman–Crippen LogP) is 2.30. The highest BCUT2D eigenvalue weighted by Gasteiger charge is 2.23. The second-order valence-electron chi connectivity index (χ2n) is 4.71. The quantitative estimate of drug-likeness (QED) is 0.732. The first-order valence-corrected chi connectivity index (χ1v) is 6.02. The van der Waals surface area contributed by atoms with Crippen LogP contribution in [0.1, 0.15) is 41.5 Å². The summed E-state index contributed by atoms with van der Waals surface area (Å²) in [6.07, 6.45) is -0.910. The molecule has 0 saturated heterocycles. The Balaban J connectivity index is 4.19. The number of hydrogen-bond acceptors (Lipinski definition) is 4. The SMILES string of the molecule is CCOC(OCC)[C@H](C)NC(=O)OC(C)(C)C. The van der Waals surface area contributed by atoms with Crippen molar-refractivity contribution in [3.05, 3.63) is 0 Å². The van der Waals surface area contributed by atoms with Crippen LogP contribution in [0.2, 0.25) is 0 Å². The van der Waals surface area contributed by atoms with E-state index in [-0.39, 0.29) is 6.04 Å². The molecule has 17 heavy (non-hydrogen) atoms. The molecule has 0 unspecified atom stereocenters. The number of rotatable bonds is 6. The molecule has 0 aromatic rings. The lowest BCUT2D eigenvalue weighted by atomic mass is 10.2. The van der Waals surface area contributed by atoms with Gasteiger partial charge in [-0.2, -0.15) is 0 Å². The van der Waals surface area contributed by atoms with Gasteiger partial charge >= 0.3 is 6.09 Å². The zero-order valence-electron chi connectivity index (χ0n) is 11.7. The molecule has 102 valence electrons. The van der Waals surface area contributed by atoms with Gasteiger partial charge in [-0.05, 0) is 41.5 Å². The van der Waals surface area contributed by atoms with Crippen molar-refractivity contribution in [1.29, 1.82) is 0 Å². The van der Waals surface area contributed by atoms with Crippen LogP contribution >= 0.6 is 0 Å². The molecule has 0 aromatic heterocycles. The average molecular weight is 247 g/mol. The van der Waals surface area contributed by atoms with E-state index in [1.165, 1.54) is 0 Å². The lowest BCUT2D eigenvalue weighted by Gasteiger charge is -2.26. The molecule has 0 spiro atoms. The Morgan fingerprint density at radius 2 is 1.65 bits per heavy atom. The van der Waals surface area contributed by atoms with Crippen LogP contribution in [0.25, 0.3) is 0 Å². The van der Waals surface area contributed by atoms with Crippen molar-refractivity contribution in [1.82, 2.24) is 5.32 Å². The van der Waals surface area contributed by atoms with Gasteiger partial charge in [-0.3, -0.25) is 0 Å². The van der Waals surface area contributed by atoms with Gasteiger partial charge in [0.15, 0.2) is 6.29 Å². The van der Waals surface area contributed by atoms with E-state index in [4.69, 9.17) is 14.2 Å². The topological polar surface area (TPSA) is 56.8 Å². The van der Waals surface area contributed by atoms with Crippen molar-refractivity contribution in [3.8, 4) is 0 Å². The summed E-state index contributed by atoms with van der Waals surface area (Å²) in [6, 6.07) is -0.259. The smallest absolute Gasteiger partial charge is 0.408 e. The first-order valence-electron chi connectivity index (χ1n) is 6.02. The molecule has 0 aliphatic rings. The maximum Gasteiger partial charge on any atom is 0.408 e. The summed E-state index contributed by atoms with van der Waals surface area (Å²) in [7, 11) is 0. The Kier molecular flexibility index (Phi) is 7.15. The second-order valence-corrected chi connectivity index (χ2v) is 4.71. The van der Waals surface area contributed by atoms with Crippen molar-refractivity contribution in [2.45, 2.75) is 59.5 Å². The van der Waals surface area contributed by atoms with E-state index in [0.717, 1.165) is 0 Å². The van der Waals surface area contributed by atoms with Crippen LogP contribution in [-0.4, -0.2) is 37.2 Å². The Labute approximate surface area is 104 Å². The summed E-state index contributed by atoms with van der Waals surface area (Å²) in [5.74, 6) is 0. The van der Waals surface area contributed by atoms with Crippen molar-refractivity contribution < 1.29 is 19.0 Å². The van der Waals surface area contributed by atoms with Gasteiger partial charge in [0.25, 0.3) is 0 Å². The molecule has 0 radical (unpaired) electrons. The summed E-state index contributed by atoms with van der Waals surface area (Å²) in [4.78, 5) is 11.5. The van der Waals surface area contributed by atoms with Crippen LogP contribution in [0.15, 0.2) is 0 Å². The molecule has 0 aliphatic carbocycles. The van der Waals surface area contributed by atoms with E-state index in [2.05, 4.69) is 5.32 Å². The third kappa shape index (κ3) is 7.99. The van der Waals surface area contributed by atoms with Crippen LogP contribution in [0.4, 0.5) is 4.79 Å². The molecule has 0 heterocycles. The molecule has 5 nitrogen and oxygen atoms in total. The fourth-order valence-electron chi connectivity index (χ4n) is 1.23. The molecule has 0 fully saturated rings. The average Bonchev–Trinajstić information content (AvgIpc) is 2.14. The van der Waals surface area contributed by atoms with Gasteiger partial charge in [-0.1, -0.05) is 0 Å². The van der Waals surface area contributed by atoms with Crippen LogP contribution in [0, 0.1) is 0 Å². The van der Waals surface area contributed by atoms with Crippen LogP contribution in [-0.2, 0) is 14.2 Å². The monoisotopic (exact) mass is 247 g/mol. The van der Waals surface area contributed by atoms with Crippen molar-refractivity contribution >= 4 is 6.09 Å². The fourth-order valence-corrected chi connectivity index (χ4v) is 1.23. The largest absolute Gasteiger partial charge is 0.444 e.